The highest BCUT2D eigenvalue weighted by Crippen LogP contribution is 2.27. The van der Waals surface area contributed by atoms with Crippen molar-refractivity contribution in [3.05, 3.63) is 76.6 Å². The van der Waals surface area contributed by atoms with Crippen LogP contribution in [-0.4, -0.2) is 26.4 Å². The lowest BCUT2D eigenvalue weighted by Crippen LogP contribution is -2.16. The molecule has 1 N–H and O–H groups in total. The molecule has 2 aromatic carbocycles. The minimum atomic E-state index is -0.330. The van der Waals surface area contributed by atoms with Crippen LogP contribution >= 0.6 is 35.0 Å². The highest BCUT2D eigenvalue weighted by atomic mass is 35.5. The summed E-state index contributed by atoms with van der Waals surface area (Å²) in [6.45, 7) is 8.34. The average molecular weight is 491 g/mol. The van der Waals surface area contributed by atoms with Gasteiger partial charge in [-0.2, -0.15) is 0 Å². The summed E-state index contributed by atoms with van der Waals surface area (Å²) in [6, 6.07) is 12.9. The second-order valence-corrected chi connectivity index (χ2v) is 8.74. The summed E-state index contributed by atoms with van der Waals surface area (Å²) in [4.78, 5) is 12.4. The monoisotopic (exact) mass is 490 g/mol. The summed E-state index contributed by atoms with van der Waals surface area (Å²) in [7, 11) is 0. The Bertz CT molecular complexity index is 1090. The fraction of sp³-hybridized carbons (Fsp3) is 0.261. The van der Waals surface area contributed by atoms with Crippen LogP contribution in [-0.2, 0) is 17.8 Å². The lowest BCUT2D eigenvalue weighted by molar-refractivity contribution is -0.113. The number of ether oxygens (including phenoxy) is 1. The third-order valence-electron chi connectivity index (χ3n) is 4.60. The van der Waals surface area contributed by atoms with E-state index in [0.29, 0.717) is 33.3 Å². The van der Waals surface area contributed by atoms with Crippen molar-refractivity contribution in [2.24, 2.45) is 0 Å². The number of hydrogen-bond donors (Lipinski definition) is 1. The first-order valence-corrected chi connectivity index (χ1v) is 11.8. The standard InChI is InChI=1S/C23H24Cl2N4O2S/c1-4-12-29-22(15(3)31-18-9-6-16(5-2)7-10-18)27-28-23(29)32-14-21(30)26-20-13-17(24)8-11-19(20)25/h4,6-11,13,15H,1,5,12,14H2,2-3H3,(H,26,30). The van der Waals surface area contributed by atoms with Crippen LogP contribution in [0.25, 0.3) is 0 Å². The molecule has 6 nitrogen and oxygen atoms in total. The molecule has 0 spiro atoms. The van der Waals surface area contributed by atoms with Crippen molar-refractivity contribution in [1.29, 1.82) is 0 Å². The summed E-state index contributed by atoms with van der Waals surface area (Å²) in [5.41, 5.74) is 1.71. The van der Waals surface area contributed by atoms with Crippen molar-refractivity contribution < 1.29 is 9.53 Å². The maximum atomic E-state index is 12.4. The summed E-state index contributed by atoms with van der Waals surface area (Å²) in [5, 5.41) is 12.8. The van der Waals surface area contributed by atoms with Gasteiger partial charge in [-0.25, -0.2) is 0 Å². The van der Waals surface area contributed by atoms with E-state index in [9.17, 15) is 4.79 Å². The molecule has 0 aliphatic heterocycles. The number of rotatable bonds is 10. The Morgan fingerprint density at radius 1 is 1.25 bits per heavy atom. The smallest absolute Gasteiger partial charge is 0.234 e. The van der Waals surface area contributed by atoms with Crippen molar-refractivity contribution in [2.45, 2.75) is 38.1 Å². The Hall–Kier alpha value is -2.48. The number of nitrogens with zero attached hydrogens (tertiary/aromatic N) is 3. The van der Waals surface area contributed by atoms with Gasteiger partial charge in [0.25, 0.3) is 0 Å². The Morgan fingerprint density at radius 2 is 2.00 bits per heavy atom. The fourth-order valence-corrected chi connectivity index (χ4v) is 4.07. The van der Waals surface area contributed by atoms with Crippen molar-refractivity contribution in [2.75, 3.05) is 11.1 Å². The lowest BCUT2D eigenvalue weighted by Gasteiger charge is -2.16. The zero-order valence-electron chi connectivity index (χ0n) is 17.8. The number of carbonyl (C=O) groups is 1. The number of thioether (sulfide) groups is 1. The third kappa shape index (κ3) is 6.28. The summed E-state index contributed by atoms with van der Waals surface area (Å²) in [5.74, 6) is 1.32. The Balaban J connectivity index is 1.67. The number of aromatic nitrogens is 3. The molecule has 3 rings (SSSR count). The Kier molecular flexibility index (Phi) is 8.61. The molecule has 0 bridgehead atoms. The minimum absolute atomic E-state index is 0.131. The first kappa shape index (κ1) is 24.2. The van der Waals surface area contributed by atoms with Gasteiger partial charge in [0.15, 0.2) is 17.1 Å². The highest BCUT2D eigenvalue weighted by molar-refractivity contribution is 7.99. The Morgan fingerprint density at radius 3 is 2.69 bits per heavy atom. The molecule has 0 aliphatic carbocycles. The number of halogens is 2. The molecule has 1 unspecified atom stereocenters. The predicted octanol–water partition coefficient (Wildman–Crippen LogP) is 6.20. The van der Waals surface area contributed by atoms with Crippen molar-refractivity contribution >= 4 is 46.6 Å². The molecule has 0 saturated carbocycles. The largest absolute Gasteiger partial charge is 0.483 e. The molecule has 3 aromatic rings. The summed E-state index contributed by atoms with van der Waals surface area (Å²) >= 11 is 13.4. The molecular weight excluding hydrogens is 467 g/mol. The van der Waals surface area contributed by atoms with Crippen LogP contribution in [0, 0.1) is 0 Å². The van der Waals surface area contributed by atoms with E-state index in [-0.39, 0.29) is 17.8 Å². The molecule has 0 aliphatic rings. The third-order valence-corrected chi connectivity index (χ3v) is 6.13. The number of benzene rings is 2. The van der Waals surface area contributed by atoms with E-state index in [1.807, 2.05) is 35.8 Å². The summed E-state index contributed by atoms with van der Waals surface area (Å²) < 4.78 is 7.95. The second kappa shape index (κ2) is 11.4. The number of allylic oxidation sites excluding steroid dienone is 1. The van der Waals surface area contributed by atoms with E-state index in [1.165, 1.54) is 17.3 Å². The summed E-state index contributed by atoms with van der Waals surface area (Å²) in [6.07, 6.45) is 2.40. The fourth-order valence-electron chi connectivity index (χ4n) is 2.98. The van der Waals surface area contributed by atoms with Crippen LogP contribution < -0.4 is 10.1 Å². The van der Waals surface area contributed by atoms with Crippen molar-refractivity contribution in [3.8, 4) is 5.75 Å². The average Bonchev–Trinajstić information content (AvgIpc) is 3.18. The molecule has 0 radical (unpaired) electrons. The zero-order valence-corrected chi connectivity index (χ0v) is 20.2. The van der Waals surface area contributed by atoms with Gasteiger partial charge in [-0.3, -0.25) is 9.36 Å². The highest BCUT2D eigenvalue weighted by Gasteiger charge is 2.20. The van der Waals surface area contributed by atoms with E-state index in [2.05, 4.69) is 29.0 Å². The number of hydrogen-bond acceptors (Lipinski definition) is 5. The molecule has 9 heteroatoms. The van der Waals surface area contributed by atoms with Gasteiger partial charge in [0.2, 0.25) is 5.91 Å². The number of amides is 1. The predicted molar refractivity (Wildman–Crippen MR) is 131 cm³/mol. The number of aryl methyl sites for hydroxylation is 1. The van der Waals surface area contributed by atoms with E-state index in [1.54, 1.807) is 24.3 Å². The maximum Gasteiger partial charge on any atom is 0.234 e. The van der Waals surface area contributed by atoms with Crippen molar-refractivity contribution in [3.63, 3.8) is 0 Å². The van der Waals surface area contributed by atoms with Gasteiger partial charge in [0, 0.05) is 11.6 Å². The van der Waals surface area contributed by atoms with Crippen LogP contribution in [0.5, 0.6) is 5.75 Å². The van der Waals surface area contributed by atoms with E-state index >= 15 is 0 Å². The van der Waals surface area contributed by atoms with E-state index in [4.69, 9.17) is 27.9 Å². The SMILES string of the molecule is C=CCn1c(SCC(=O)Nc2cc(Cl)ccc2Cl)nnc1C(C)Oc1ccc(CC)cc1. The molecule has 1 heterocycles. The molecule has 1 aromatic heterocycles. The normalized spacial score (nSPS) is 11.8. The van der Waals surface area contributed by atoms with Gasteiger partial charge >= 0.3 is 0 Å². The Labute approximate surface area is 202 Å². The molecule has 0 fully saturated rings. The number of carbonyl (C=O) groups excluding carboxylic acids is 1. The van der Waals surface area contributed by atoms with Gasteiger partial charge in [0.05, 0.1) is 16.5 Å². The number of nitrogens with one attached hydrogen (secondary N) is 1. The number of anilines is 1. The zero-order chi connectivity index (χ0) is 23.1. The quantitative estimate of drug-likeness (QED) is 0.270. The van der Waals surface area contributed by atoms with Crippen LogP contribution in [0.4, 0.5) is 5.69 Å². The molecular formula is C23H24Cl2N4O2S. The topological polar surface area (TPSA) is 69.0 Å². The molecule has 1 amide bonds. The van der Waals surface area contributed by atoms with Crippen LogP contribution in [0.2, 0.25) is 10.0 Å². The molecule has 32 heavy (non-hydrogen) atoms. The molecule has 0 saturated heterocycles. The van der Waals surface area contributed by atoms with Gasteiger partial charge in [-0.1, -0.05) is 60.1 Å². The van der Waals surface area contributed by atoms with Crippen LogP contribution in [0.3, 0.4) is 0 Å². The first-order valence-electron chi connectivity index (χ1n) is 10.1. The molecule has 168 valence electrons. The van der Waals surface area contributed by atoms with Crippen molar-refractivity contribution in [1.82, 2.24) is 14.8 Å². The first-order chi connectivity index (χ1) is 15.4. The van der Waals surface area contributed by atoms with Gasteiger partial charge < -0.3 is 10.1 Å². The second-order valence-electron chi connectivity index (χ2n) is 6.96. The lowest BCUT2D eigenvalue weighted by atomic mass is 10.2. The minimum Gasteiger partial charge on any atom is -0.483 e. The van der Waals surface area contributed by atoms with Crippen LogP contribution in [0.1, 0.15) is 31.3 Å². The van der Waals surface area contributed by atoms with E-state index < -0.39 is 0 Å². The van der Waals surface area contributed by atoms with Gasteiger partial charge in [-0.15, -0.1) is 16.8 Å². The molecule has 1 atom stereocenters. The maximum absolute atomic E-state index is 12.4. The van der Waals surface area contributed by atoms with Crippen LogP contribution in [0.15, 0.2) is 60.3 Å². The van der Waals surface area contributed by atoms with E-state index in [0.717, 1.165) is 12.2 Å². The van der Waals surface area contributed by atoms with Gasteiger partial charge in [0.1, 0.15) is 5.75 Å². The van der Waals surface area contributed by atoms with Gasteiger partial charge in [-0.05, 0) is 49.2 Å².